The predicted molar refractivity (Wildman–Crippen MR) is 57.7 cm³/mol. The van der Waals surface area contributed by atoms with E-state index < -0.39 is 0 Å². The SMILES string of the molecule is CCC/C=[C]\c1ccc(C)cc1C. The number of unbranched alkanes of at least 4 members (excludes halogenated alkanes) is 1. The van der Waals surface area contributed by atoms with Gasteiger partial charge in [0, 0.05) is 0 Å². The van der Waals surface area contributed by atoms with Crippen LogP contribution in [0.2, 0.25) is 0 Å². The van der Waals surface area contributed by atoms with E-state index in [0.717, 1.165) is 6.42 Å². The van der Waals surface area contributed by atoms with Crippen molar-refractivity contribution in [1.82, 2.24) is 0 Å². The minimum Gasteiger partial charge on any atom is -0.0760 e. The molecule has 0 amide bonds. The van der Waals surface area contributed by atoms with E-state index in [4.69, 9.17) is 0 Å². The molecule has 0 saturated carbocycles. The van der Waals surface area contributed by atoms with E-state index in [1.807, 2.05) is 0 Å². The molecule has 0 heteroatoms. The first-order chi connectivity index (χ1) is 6.24. The lowest BCUT2D eigenvalue weighted by atomic mass is 10.1. The van der Waals surface area contributed by atoms with Crippen LogP contribution in [-0.2, 0) is 0 Å². The molecule has 0 atom stereocenters. The Morgan fingerprint density at radius 1 is 1.31 bits per heavy atom. The topological polar surface area (TPSA) is 0 Å². The molecule has 0 fully saturated rings. The van der Waals surface area contributed by atoms with Gasteiger partial charge in [-0.05, 0) is 37.5 Å². The Bertz CT molecular complexity index is 295. The summed E-state index contributed by atoms with van der Waals surface area (Å²) in [5.41, 5.74) is 3.85. The maximum atomic E-state index is 3.32. The van der Waals surface area contributed by atoms with Crippen LogP contribution in [0.1, 0.15) is 36.5 Å². The number of hydrogen-bond donors (Lipinski definition) is 0. The van der Waals surface area contributed by atoms with Gasteiger partial charge in [-0.2, -0.15) is 0 Å². The third kappa shape index (κ3) is 3.06. The van der Waals surface area contributed by atoms with Crippen molar-refractivity contribution in [1.29, 1.82) is 0 Å². The quantitative estimate of drug-likeness (QED) is 0.652. The van der Waals surface area contributed by atoms with Gasteiger partial charge >= 0.3 is 0 Å². The van der Waals surface area contributed by atoms with Gasteiger partial charge in [-0.1, -0.05) is 43.2 Å². The highest BCUT2D eigenvalue weighted by atomic mass is 14.0. The first-order valence-electron chi connectivity index (χ1n) is 4.89. The Morgan fingerprint density at radius 2 is 2.08 bits per heavy atom. The second-order valence-corrected chi connectivity index (χ2v) is 3.46. The van der Waals surface area contributed by atoms with Crippen LogP contribution in [0.15, 0.2) is 24.3 Å². The summed E-state index contributed by atoms with van der Waals surface area (Å²) in [5.74, 6) is 0. The third-order valence-corrected chi connectivity index (χ3v) is 2.07. The first-order valence-corrected chi connectivity index (χ1v) is 4.89. The van der Waals surface area contributed by atoms with Crippen molar-refractivity contribution in [3.63, 3.8) is 0 Å². The summed E-state index contributed by atoms with van der Waals surface area (Å²) in [6.07, 6.45) is 7.75. The van der Waals surface area contributed by atoms with Crippen LogP contribution in [0.25, 0.3) is 0 Å². The van der Waals surface area contributed by atoms with Gasteiger partial charge in [-0.3, -0.25) is 0 Å². The molecule has 0 unspecified atom stereocenters. The lowest BCUT2D eigenvalue weighted by Crippen LogP contribution is -1.83. The lowest BCUT2D eigenvalue weighted by Gasteiger charge is -2.00. The van der Waals surface area contributed by atoms with Gasteiger partial charge in [0.1, 0.15) is 0 Å². The summed E-state index contributed by atoms with van der Waals surface area (Å²) in [6, 6.07) is 6.47. The zero-order chi connectivity index (χ0) is 9.68. The van der Waals surface area contributed by atoms with E-state index in [1.54, 1.807) is 0 Å². The minimum absolute atomic E-state index is 1.12. The minimum atomic E-state index is 1.12. The molecule has 69 valence electrons. The third-order valence-electron chi connectivity index (χ3n) is 2.07. The van der Waals surface area contributed by atoms with Crippen LogP contribution >= 0.6 is 0 Å². The highest BCUT2D eigenvalue weighted by Gasteiger charge is 1.93. The van der Waals surface area contributed by atoms with Gasteiger partial charge < -0.3 is 0 Å². The van der Waals surface area contributed by atoms with Crippen molar-refractivity contribution >= 4 is 0 Å². The Labute approximate surface area is 81.3 Å². The second-order valence-electron chi connectivity index (χ2n) is 3.46. The van der Waals surface area contributed by atoms with Crippen molar-refractivity contribution in [2.24, 2.45) is 0 Å². The summed E-state index contributed by atoms with van der Waals surface area (Å²) in [4.78, 5) is 0. The van der Waals surface area contributed by atoms with Crippen LogP contribution in [-0.4, -0.2) is 0 Å². The molecule has 0 saturated heterocycles. The Kier molecular flexibility index (Phi) is 3.75. The highest BCUT2D eigenvalue weighted by molar-refractivity contribution is 5.34. The van der Waals surface area contributed by atoms with Gasteiger partial charge in [0.15, 0.2) is 0 Å². The molecule has 13 heavy (non-hydrogen) atoms. The summed E-state index contributed by atoms with van der Waals surface area (Å²) < 4.78 is 0. The zero-order valence-corrected chi connectivity index (χ0v) is 8.72. The van der Waals surface area contributed by atoms with Crippen LogP contribution < -0.4 is 0 Å². The number of rotatable bonds is 3. The fourth-order valence-corrected chi connectivity index (χ4v) is 1.30. The van der Waals surface area contributed by atoms with Crippen LogP contribution in [0.5, 0.6) is 0 Å². The Balaban J connectivity index is 2.77. The molecule has 0 nitrogen and oxygen atoms in total. The van der Waals surface area contributed by atoms with Gasteiger partial charge in [-0.15, -0.1) is 0 Å². The Hall–Kier alpha value is -1.04. The molecule has 1 aromatic carbocycles. The van der Waals surface area contributed by atoms with Crippen molar-refractivity contribution in [3.05, 3.63) is 47.0 Å². The molecule has 1 aromatic rings. The molecule has 0 aliphatic rings. The molecular formula is C13H17. The van der Waals surface area contributed by atoms with Gasteiger partial charge in [0.25, 0.3) is 0 Å². The molecule has 0 heterocycles. The molecular weight excluding hydrogens is 156 g/mol. The summed E-state index contributed by atoms with van der Waals surface area (Å²) in [7, 11) is 0. The van der Waals surface area contributed by atoms with Crippen molar-refractivity contribution in [2.75, 3.05) is 0 Å². The molecule has 0 aliphatic heterocycles. The van der Waals surface area contributed by atoms with E-state index >= 15 is 0 Å². The molecule has 1 rings (SSSR count). The largest absolute Gasteiger partial charge is 0.0760 e. The van der Waals surface area contributed by atoms with Crippen LogP contribution in [0.4, 0.5) is 0 Å². The first kappa shape index (κ1) is 10.0. The van der Waals surface area contributed by atoms with Crippen molar-refractivity contribution in [2.45, 2.75) is 33.6 Å². The number of hydrogen-bond acceptors (Lipinski definition) is 0. The summed E-state index contributed by atoms with van der Waals surface area (Å²) in [5, 5.41) is 0. The predicted octanol–water partition coefficient (Wildman–Crippen LogP) is 3.81. The van der Waals surface area contributed by atoms with Gasteiger partial charge in [0.2, 0.25) is 0 Å². The van der Waals surface area contributed by atoms with Crippen LogP contribution in [0.3, 0.4) is 0 Å². The molecule has 0 aliphatic carbocycles. The average molecular weight is 173 g/mol. The smallest absolute Gasteiger partial charge is 0.0146 e. The van der Waals surface area contributed by atoms with E-state index in [9.17, 15) is 0 Å². The van der Waals surface area contributed by atoms with Crippen molar-refractivity contribution in [3.8, 4) is 0 Å². The molecule has 0 N–H and O–H groups in total. The lowest BCUT2D eigenvalue weighted by molar-refractivity contribution is 0.955. The second kappa shape index (κ2) is 4.86. The molecule has 0 spiro atoms. The normalized spacial score (nSPS) is 11.0. The van der Waals surface area contributed by atoms with Crippen molar-refractivity contribution < 1.29 is 0 Å². The Morgan fingerprint density at radius 3 is 2.69 bits per heavy atom. The fraction of sp³-hybridized carbons (Fsp3) is 0.385. The summed E-state index contributed by atoms with van der Waals surface area (Å²) in [6.45, 7) is 6.43. The maximum Gasteiger partial charge on any atom is -0.0146 e. The van der Waals surface area contributed by atoms with Crippen LogP contribution in [0, 0.1) is 19.9 Å². The molecule has 0 aromatic heterocycles. The van der Waals surface area contributed by atoms with Gasteiger partial charge in [-0.25, -0.2) is 0 Å². The van der Waals surface area contributed by atoms with E-state index in [1.165, 1.54) is 23.1 Å². The van der Waals surface area contributed by atoms with E-state index in [-0.39, 0.29) is 0 Å². The molecule has 1 radical (unpaired) electrons. The summed E-state index contributed by atoms with van der Waals surface area (Å²) >= 11 is 0. The van der Waals surface area contributed by atoms with E-state index in [2.05, 4.69) is 51.1 Å². The highest BCUT2D eigenvalue weighted by Crippen LogP contribution is 2.10. The van der Waals surface area contributed by atoms with E-state index in [0.29, 0.717) is 0 Å². The molecule has 0 bridgehead atoms. The number of aryl methyl sites for hydroxylation is 2. The standard InChI is InChI=1S/C13H17/c1-4-5-6-7-13-9-8-11(2)10-12(13)3/h6,8-10H,4-5H2,1-3H3. The maximum absolute atomic E-state index is 3.32. The monoisotopic (exact) mass is 173 g/mol. The number of benzene rings is 1. The zero-order valence-electron chi connectivity index (χ0n) is 8.72. The fourth-order valence-electron chi connectivity index (χ4n) is 1.30. The number of allylic oxidation sites excluding steroid dienone is 1. The van der Waals surface area contributed by atoms with Gasteiger partial charge in [0.05, 0.1) is 0 Å². The average Bonchev–Trinajstić information content (AvgIpc) is 2.09.